The van der Waals surface area contributed by atoms with Crippen LogP contribution in [0.15, 0.2) is 36.5 Å². The van der Waals surface area contributed by atoms with Gasteiger partial charge in [-0.2, -0.15) is 0 Å². The summed E-state index contributed by atoms with van der Waals surface area (Å²) < 4.78 is 0. The van der Waals surface area contributed by atoms with Gasteiger partial charge in [-0.05, 0) is 41.7 Å². The molecule has 0 saturated carbocycles. The minimum absolute atomic E-state index is 0.158. The first-order chi connectivity index (χ1) is 12.9. The SMILES string of the molecule is CC(C)c1ccc(-c2ccc3c(c2)CN(C2CCC(=O)NC2=O)C3=O)nc1. The molecular weight excluding hydrogens is 342 g/mol. The van der Waals surface area contributed by atoms with E-state index in [0.29, 0.717) is 24.4 Å². The first-order valence-electron chi connectivity index (χ1n) is 9.18. The minimum Gasteiger partial charge on any atom is -0.322 e. The number of piperidine rings is 1. The van der Waals surface area contributed by atoms with Crippen molar-refractivity contribution in [3.63, 3.8) is 0 Å². The smallest absolute Gasteiger partial charge is 0.255 e. The van der Waals surface area contributed by atoms with Crippen LogP contribution in [0.4, 0.5) is 0 Å². The van der Waals surface area contributed by atoms with Crippen LogP contribution >= 0.6 is 0 Å². The maximum atomic E-state index is 12.7. The van der Waals surface area contributed by atoms with Gasteiger partial charge in [-0.1, -0.05) is 26.0 Å². The van der Waals surface area contributed by atoms with Crippen molar-refractivity contribution < 1.29 is 14.4 Å². The summed E-state index contributed by atoms with van der Waals surface area (Å²) in [5.74, 6) is -0.405. The number of aromatic nitrogens is 1. The van der Waals surface area contributed by atoms with Gasteiger partial charge >= 0.3 is 0 Å². The number of nitrogens with zero attached hydrogens (tertiary/aromatic N) is 2. The minimum atomic E-state index is -0.588. The van der Waals surface area contributed by atoms with E-state index in [1.165, 1.54) is 5.56 Å². The predicted octanol–water partition coefficient (Wildman–Crippen LogP) is 2.63. The summed E-state index contributed by atoms with van der Waals surface area (Å²) >= 11 is 0. The van der Waals surface area contributed by atoms with E-state index in [4.69, 9.17) is 0 Å². The van der Waals surface area contributed by atoms with E-state index in [2.05, 4.69) is 30.2 Å². The average Bonchev–Trinajstić information content (AvgIpc) is 2.98. The fraction of sp³-hybridized carbons (Fsp3) is 0.333. The molecule has 1 unspecified atom stereocenters. The Morgan fingerprint density at radius 3 is 2.63 bits per heavy atom. The molecule has 1 N–H and O–H groups in total. The largest absolute Gasteiger partial charge is 0.322 e. The van der Waals surface area contributed by atoms with Crippen LogP contribution in [-0.4, -0.2) is 33.6 Å². The zero-order valence-corrected chi connectivity index (χ0v) is 15.4. The Labute approximate surface area is 157 Å². The lowest BCUT2D eigenvalue weighted by Crippen LogP contribution is -2.52. The Hall–Kier alpha value is -3.02. The first-order valence-corrected chi connectivity index (χ1v) is 9.18. The lowest BCUT2D eigenvalue weighted by molar-refractivity contribution is -0.136. The van der Waals surface area contributed by atoms with Crippen LogP contribution in [0, 0.1) is 0 Å². The number of hydrogen-bond donors (Lipinski definition) is 1. The van der Waals surface area contributed by atoms with Crippen LogP contribution < -0.4 is 5.32 Å². The van der Waals surface area contributed by atoms with Crippen LogP contribution in [-0.2, 0) is 16.1 Å². The van der Waals surface area contributed by atoms with Crippen LogP contribution in [0.2, 0.25) is 0 Å². The van der Waals surface area contributed by atoms with Gasteiger partial charge in [0.05, 0.1) is 5.69 Å². The van der Waals surface area contributed by atoms with Gasteiger partial charge in [-0.25, -0.2) is 0 Å². The molecule has 2 aliphatic heterocycles. The number of hydrogen-bond acceptors (Lipinski definition) is 4. The second kappa shape index (κ2) is 6.61. The van der Waals surface area contributed by atoms with Crippen molar-refractivity contribution in [2.45, 2.75) is 45.2 Å². The molecular formula is C21H21N3O3. The van der Waals surface area contributed by atoms with Crippen LogP contribution in [0.25, 0.3) is 11.3 Å². The topological polar surface area (TPSA) is 79.4 Å². The summed E-state index contributed by atoms with van der Waals surface area (Å²) in [6, 6.07) is 9.14. The highest BCUT2D eigenvalue weighted by molar-refractivity contribution is 6.05. The Kier molecular flexibility index (Phi) is 4.26. The molecule has 138 valence electrons. The quantitative estimate of drug-likeness (QED) is 0.850. The molecule has 6 nitrogen and oxygen atoms in total. The van der Waals surface area contributed by atoms with Gasteiger partial charge in [0.2, 0.25) is 11.8 Å². The number of rotatable bonds is 3. The van der Waals surface area contributed by atoms with E-state index < -0.39 is 11.9 Å². The molecule has 1 atom stereocenters. The van der Waals surface area contributed by atoms with Gasteiger partial charge in [-0.3, -0.25) is 24.7 Å². The van der Waals surface area contributed by atoms with Crippen LogP contribution in [0.5, 0.6) is 0 Å². The summed E-state index contributed by atoms with van der Waals surface area (Å²) in [4.78, 5) is 42.3. The molecule has 27 heavy (non-hydrogen) atoms. The third-order valence-corrected chi connectivity index (χ3v) is 5.27. The highest BCUT2D eigenvalue weighted by atomic mass is 16.2. The predicted molar refractivity (Wildman–Crippen MR) is 99.8 cm³/mol. The lowest BCUT2D eigenvalue weighted by atomic mass is 10.0. The van der Waals surface area contributed by atoms with Crippen molar-refractivity contribution in [1.82, 2.24) is 15.2 Å². The molecule has 1 fully saturated rings. The highest BCUT2D eigenvalue weighted by Crippen LogP contribution is 2.31. The van der Waals surface area contributed by atoms with Crippen LogP contribution in [0.1, 0.15) is 54.1 Å². The summed E-state index contributed by atoms with van der Waals surface area (Å²) in [5, 5.41) is 2.32. The Morgan fingerprint density at radius 1 is 1.15 bits per heavy atom. The molecule has 0 bridgehead atoms. The van der Waals surface area contributed by atoms with Gasteiger partial charge in [0.15, 0.2) is 0 Å². The number of carbonyl (C=O) groups is 3. The van der Waals surface area contributed by atoms with Crippen molar-refractivity contribution in [2.75, 3.05) is 0 Å². The fourth-order valence-corrected chi connectivity index (χ4v) is 3.65. The average molecular weight is 363 g/mol. The summed E-state index contributed by atoms with van der Waals surface area (Å²) in [7, 11) is 0. The fourth-order valence-electron chi connectivity index (χ4n) is 3.65. The van der Waals surface area contributed by atoms with Gasteiger partial charge in [0.25, 0.3) is 5.91 Å². The maximum absolute atomic E-state index is 12.7. The van der Waals surface area contributed by atoms with E-state index in [1.54, 1.807) is 11.0 Å². The molecule has 0 radical (unpaired) electrons. The second-order valence-corrected chi connectivity index (χ2v) is 7.40. The number of pyridine rings is 1. The number of imide groups is 1. The van der Waals surface area contributed by atoms with Crippen molar-refractivity contribution in [1.29, 1.82) is 0 Å². The second-order valence-electron chi connectivity index (χ2n) is 7.40. The van der Waals surface area contributed by atoms with Crippen LogP contribution in [0.3, 0.4) is 0 Å². The molecule has 6 heteroatoms. The van der Waals surface area contributed by atoms with Crippen molar-refractivity contribution in [2.24, 2.45) is 0 Å². The molecule has 0 aliphatic carbocycles. The number of fused-ring (bicyclic) bond motifs is 1. The zero-order valence-electron chi connectivity index (χ0n) is 15.4. The molecule has 4 rings (SSSR count). The van der Waals surface area contributed by atoms with E-state index in [9.17, 15) is 14.4 Å². The number of amides is 3. The standard InChI is InChI=1S/C21H21N3O3/c1-12(2)14-4-6-17(22-10-14)13-3-5-16-15(9-13)11-24(21(16)27)18-7-8-19(25)23-20(18)26/h3-6,9-10,12,18H,7-8,11H2,1-2H3,(H,23,25,26). The summed E-state index contributed by atoms with van der Waals surface area (Å²) in [6.07, 6.45) is 2.51. The van der Waals surface area contributed by atoms with Gasteiger partial charge in [0.1, 0.15) is 6.04 Å². The highest BCUT2D eigenvalue weighted by Gasteiger charge is 2.39. The number of benzene rings is 1. The molecule has 1 aromatic carbocycles. The van der Waals surface area contributed by atoms with Crippen molar-refractivity contribution >= 4 is 17.7 Å². The normalized spacial score (nSPS) is 19.4. The lowest BCUT2D eigenvalue weighted by Gasteiger charge is -2.29. The van der Waals surface area contributed by atoms with Gasteiger partial charge in [0, 0.05) is 30.3 Å². The molecule has 2 aromatic rings. The van der Waals surface area contributed by atoms with Crippen molar-refractivity contribution in [3.05, 3.63) is 53.2 Å². The number of nitrogens with one attached hydrogen (secondary N) is 1. The van der Waals surface area contributed by atoms with E-state index in [1.807, 2.05) is 24.4 Å². The maximum Gasteiger partial charge on any atom is 0.255 e. The van der Waals surface area contributed by atoms with Gasteiger partial charge in [-0.15, -0.1) is 0 Å². The van der Waals surface area contributed by atoms with Gasteiger partial charge < -0.3 is 4.90 Å². The first kappa shape index (κ1) is 17.4. The Balaban J connectivity index is 1.59. The van der Waals surface area contributed by atoms with Crippen molar-refractivity contribution in [3.8, 4) is 11.3 Å². The third-order valence-electron chi connectivity index (χ3n) is 5.27. The molecule has 2 aliphatic rings. The van der Waals surface area contributed by atoms with E-state index >= 15 is 0 Å². The monoisotopic (exact) mass is 363 g/mol. The summed E-state index contributed by atoms with van der Waals surface area (Å²) in [5.41, 5.74) is 4.48. The van der Waals surface area contributed by atoms with E-state index in [-0.39, 0.29) is 18.2 Å². The molecule has 3 amide bonds. The third kappa shape index (κ3) is 3.12. The Bertz CT molecular complexity index is 934. The van der Waals surface area contributed by atoms with E-state index in [0.717, 1.165) is 16.8 Å². The molecule has 0 spiro atoms. The summed E-state index contributed by atoms with van der Waals surface area (Å²) in [6.45, 7) is 4.63. The molecule has 1 aromatic heterocycles. The number of carbonyl (C=O) groups excluding carboxylic acids is 3. The molecule has 1 saturated heterocycles. The zero-order chi connectivity index (χ0) is 19.1. The Morgan fingerprint density at radius 2 is 1.96 bits per heavy atom. The molecule has 3 heterocycles.